The van der Waals surface area contributed by atoms with E-state index in [1.54, 1.807) is 17.2 Å². The molecule has 1 aliphatic rings. The molecular weight excluding hydrogens is 444 g/mol. The molecule has 9 heteroatoms. The molecule has 1 unspecified atom stereocenters. The van der Waals surface area contributed by atoms with Gasteiger partial charge in [0.2, 0.25) is 0 Å². The first-order chi connectivity index (χ1) is 15.2. The van der Waals surface area contributed by atoms with E-state index in [2.05, 4.69) is 10.3 Å². The molecule has 1 fully saturated rings. The van der Waals surface area contributed by atoms with Gasteiger partial charge in [0.1, 0.15) is 15.8 Å². The molecule has 1 amide bonds. The molecule has 1 aliphatic heterocycles. The third kappa shape index (κ3) is 5.39. The van der Waals surface area contributed by atoms with Gasteiger partial charge in [0.05, 0.1) is 16.6 Å². The maximum atomic E-state index is 13.4. The normalized spacial score (nSPS) is 16.6. The van der Waals surface area contributed by atoms with Crippen LogP contribution in [0.2, 0.25) is 0 Å². The van der Waals surface area contributed by atoms with Crippen LogP contribution < -0.4 is 10.9 Å². The van der Waals surface area contributed by atoms with Crippen molar-refractivity contribution in [2.75, 3.05) is 18.5 Å². The number of carbonyl (C=O) groups excluding carboxylic acids is 1. The quantitative estimate of drug-likeness (QED) is 0.331. The summed E-state index contributed by atoms with van der Waals surface area (Å²) in [6.45, 7) is 11.1. The van der Waals surface area contributed by atoms with Gasteiger partial charge < -0.3 is 10.1 Å². The SMILES string of the molecule is CCC(C)N1C(=O)C(=Cc2c(NCCCOC(C)C)nc3ccc(C)cn3c2=O)SC1=S. The molecule has 0 aliphatic carbocycles. The minimum absolute atomic E-state index is 0.00503. The minimum atomic E-state index is -0.228. The molecule has 0 radical (unpaired) electrons. The summed E-state index contributed by atoms with van der Waals surface area (Å²) in [6, 6.07) is 3.74. The Morgan fingerprint density at radius 1 is 1.28 bits per heavy atom. The minimum Gasteiger partial charge on any atom is -0.379 e. The maximum Gasteiger partial charge on any atom is 0.267 e. The molecule has 1 atom stereocenters. The summed E-state index contributed by atoms with van der Waals surface area (Å²) in [7, 11) is 0. The van der Waals surface area contributed by atoms with Crippen LogP contribution in [0.25, 0.3) is 11.7 Å². The Kier molecular flexibility index (Phi) is 8.08. The third-order valence-corrected chi connectivity index (χ3v) is 6.53. The van der Waals surface area contributed by atoms with Crippen molar-refractivity contribution in [2.24, 2.45) is 0 Å². The van der Waals surface area contributed by atoms with Crippen LogP contribution in [-0.2, 0) is 9.53 Å². The monoisotopic (exact) mass is 474 g/mol. The summed E-state index contributed by atoms with van der Waals surface area (Å²) in [4.78, 5) is 33.1. The lowest BCUT2D eigenvalue weighted by molar-refractivity contribution is -0.123. The number of aryl methyl sites for hydroxylation is 1. The molecule has 0 aromatic carbocycles. The van der Waals surface area contributed by atoms with Crippen molar-refractivity contribution in [3.63, 3.8) is 0 Å². The predicted molar refractivity (Wildman–Crippen MR) is 135 cm³/mol. The molecule has 32 heavy (non-hydrogen) atoms. The first kappa shape index (κ1) is 24.4. The topological polar surface area (TPSA) is 75.9 Å². The van der Waals surface area contributed by atoms with Gasteiger partial charge in [0.15, 0.2) is 0 Å². The van der Waals surface area contributed by atoms with Gasteiger partial charge in [-0.1, -0.05) is 37.0 Å². The smallest absolute Gasteiger partial charge is 0.267 e. The molecule has 172 valence electrons. The van der Waals surface area contributed by atoms with Crippen LogP contribution in [0.1, 0.15) is 51.7 Å². The summed E-state index contributed by atoms with van der Waals surface area (Å²) in [5.74, 6) is 0.289. The summed E-state index contributed by atoms with van der Waals surface area (Å²) in [6.07, 6.45) is 5.11. The number of carbonyl (C=O) groups is 1. The highest BCUT2D eigenvalue weighted by molar-refractivity contribution is 8.26. The average molecular weight is 475 g/mol. The van der Waals surface area contributed by atoms with E-state index in [-0.39, 0.29) is 23.6 Å². The number of ether oxygens (including phenoxy) is 1. The van der Waals surface area contributed by atoms with Crippen molar-refractivity contribution >= 4 is 51.7 Å². The average Bonchev–Trinajstić information content (AvgIpc) is 3.03. The lowest BCUT2D eigenvalue weighted by Gasteiger charge is -2.21. The zero-order valence-corrected chi connectivity index (χ0v) is 20.8. The lowest BCUT2D eigenvalue weighted by atomic mass is 10.2. The number of rotatable bonds is 9. The fourth-order valence-corrected chi connectivity index (χ4v) is 4.74. The highest BCUT2D eigenvalue weighted by Gasteiger charge is 2.35. The van der Waals surface area contributed by atoms with Gasteiger partial charge in [-0.25, -0.2) is 4.98 Å². The Labute approximate surface area is 198 Å². The van der Waals surface area contributed by atoms with Crippen LogP contribution in [0.5, 0.6) is 0 Å². The Morgan fingerprint density at radius 2 is 2.03 bits per heavy atom. The number of hydrogen-bond acceptors (Lipinski definition) is 7. The summed E-state index contributed by atoms with van der Waals surface area (Å²) in [5, 5.41) is 3.26. The zero-order chi connectivity index (χ0) is 23.4. The second-order valence-corrected chi connectivity index (χ2v) is 9.80. The number of nitrogens with zero attached hydrogens (tertiary/aromatic N) is 3. The standard InChI is InChI=1S/C23H30N4O3S2/c1-6-16(5)27-22(29)18(32-23(27)31)12-17-20(24-10-7-11-30-14(2)3)25-19-9-8-15(4)13-26(19)21(17)28/h8-9,12-14,16,24H,6-7,10-11H2,1-5H3. The van der Waals surface area contributed by atoms with Gasteiger partial charge in [-0.3, -0.25) is 18.9 Å². The van der Waals surface area contributed by atoms with Crippen LogP contribution in [0.3, 0.4) is 0 Å². The number of anilines is 1. The number of amides is 1. The Hall–Kier alpha value is -2.23. The van der Waals surface area contributed by atoms with Gasteiger partial charge >= 0.3 is 0 Å². The van der Waals surface area contributed by atoms with Crippen LogP contribution in [0, 0.1) is 6.92 Å². The molecule has 0 spiro atoms. The van der Waals surface area contributed by atoms with Crippen LogP contribution in [0.4, 0.5) is 5.82 Å². The lowest BCUT2D eigenvalue weighted by Crippen LogP contribution is -2.36. The van der Waals surface area contributed by atoms with Crippen molar-refractivity contribution in [2.45, 2.75) is 59.6 Å². The first-order valence-corrected chi connectivity index (χ1v) is 12.1. The number of pyridine rings is 1. The molecule has 0 saturated carbocycles. The van der Waals surface area contributed by atoms with E-state index in [0.717, 1.165) is 18.4 Å². The van der Waals surface area contributed by atoms with E-state index in [1.165, 1.54) is 16.2 Å². The highest BCUT2D eigenvalue weighted by atomic mass is 32.2. The van der Waals surface area contributed by atoms with E-state index in [9.17, 15) is 9.59 Å². The largest absolute Gasteiger partial charge is 0.379 e. The Morgan fingerprint density at radius 3 is 2.72 bits per heavy atom. The summed E-state index contributed by atoms with van der Waals surface area (Å²) >= 11 is 6.66. The maximum absolute atomic E-state index is 13.4. The molecule has 2 aromatic rings. The zero-order valence-electron chi connectivity index (χ0n) is 19.2. The molecule has 1 saturated heterocycles. The molecule has 0 bridgehead atoms. The molecule has 2 aromatic heterocycles. The molecule has 7 nitrogen and oxygen atoms in total. The van der Waals surface area contributed by atoms with Crippen molar-refractivity contribution < 1.29 is 9.53 Å². The van der Waals surface area contributed by atoms with Crippen LogP contribution >= 0.6 is 24.0 Å². The fourth-order valence-electron chi connectivity index (χ4n) is 3.30. The second-order valence-electron chi connectivity index (χ2n) is 8.12. The number of thiocarbonyl (C=S) groups is 1. The van der Waals surface area contributed by atoms with E-state index >= 15 is 0 Å². The second kappa shape index (κ2) is 10.6. The Bertz CT molecular complexity index is 1110. The van der Waals surface area contributed by atoms with Crippen molar-refractivity contribution in [3.8, 4) is 0 Å². The van der Waals surface area contributed by atoms with Crippen LogP contribution in [-0.4, -0.2) is 49.8 Å². The fraction of sp³-hybridized carbons (Fsp3) is 0.478. The number of nitrogens with one attached hydrogen (secondary N) is 1. The predicted octanol–water partition coefficient (Wildman–Crippen LogP) is 4.23. The molecule has 1 N–H and O–H groups in total. The molecule has 3 rings (SSSR count). The van der Waals surface area contributed by atoms with Gasteiger partial charge in [-0.15, -0.1) is 0 Å². The van der Waals surface area contributed by atoms with Gasteiger partial charge in [0, 0.05) is 25.4 Å². The molecular formula is C23H30N4O3S2. The van der Waals surface area contributed by atoms with E-state index in [0.29, 0.717) is 39.4 Å². The van der Waals surface area contributed by atoms with E-state index in [4.69, 9.17) is 17.0 Å². The number of hydrogen-bond donors (Lipinski definition) is 1. The van der Waals surface area contributed by atoms with Crippen molar-refractivity contribution in [3.05, 3.63) is 44.7 Å². The van der Waals surface area contributed by atoms with E-state index < -0.39 is 0 Å². The highest BCUT2D eigenvalue weighted by Crippen LogP contribution is 2.34. The van der Waals surface area contributed by atoms with Gasteiger partial charge in [-0.05, 0) is 58.2 Å². The third-order valence-electron chi connectivity index (χ3n) is 5.20. The van der Waals surface area contributed by atoms with E-state index in [1.807, 2.05) is 46.8 Å². The number of aromatic nitrogens is 2. The summed E-state index contributed by atoms with van der Waals surface area (Å²) in [5.41, 5.74) is 1.61. The van der Waals surface area contributed by atoms with Gasteiger partial charge in [0.25, 0.3) is 11.5 Å². The Balaban J connectivity index is 1.99. The van der Waals surface area contributed by atoms with Crippen molar-refractivity contribution in [1.82, 2.24) is 14.3 Å². The number of thioether (sulfide) groups is 1. The molecule has 3 heterocycles. The van der Waals surface area contributed by atoms with Crippen molar-refractivity contribution in [1.29, 1.82) is 0 Å². The van der Waals surface area contributed by atoms with Gasteiger partial charge in [-0.2, -0.15) is 0 Å². The van der Waals surface area contributed by atoms with Crippen LogP contribution in [0.15, 0.2) is 28.0 Å². The number of fused-ring (bicyclic) bond motifs is 1. The first-order valence-electron chi connectivity index (χ1n) is 10.9. The summed E-state index contributed by atoms with van der Waals surface area (Å²) < 4.78 is 7.62.